The maximum atomic E-state index is 11.3. The predicted octanol–water partition coefficient (Wildman–Crippen LogP) is 1.40. The van der Waals surface area contributed by atoms with Crippen LogP contribution in [0.5, 0.6) is 0 Å². The monoisotopic (exact) mass is 234 g/mol. The van der Waals surface area contributed by atoms with Gasteiger partial charge in [-0.05, 0) is 18.9 Å². The van der Waals surface area contributed by atoms with Crippen molar-refractivity contribution in [3.63, 3.8) is 0 Å². The second-order valence-electron chi connectivity index (χ2n) is 3.62. The Morgan fingerprint density at radius 3 is 2.71 bits per heavy atom. The summed E-state index contributed by atoms with van der Waals surface area (Å²) in [7, 11) is 0. The molecular weight excluding hydrogens is 220 g/mol. The molecule has 0 bridgehead atoms. The number of hydrogen-bond donors (Lipinski definition) is 2. The summed E-state index contributed by atoms with van der Waals surface area (Å²) in [6.45, 7) is 3.54. The van der Waals surface area contributed by atoms with E-state index >= 15 is 0 Å². The van der Waals surface area contributed by atoms with Crippen LogP contribution in [-0.2, 0) is 4.79 Å². The second-order valence-corrected chi connectivity index (χ2v) is 3.62. The summed E-state index contributed by atoms with van der Waals surface area (Å²) in [6.07, 6.45) is 2.17. The Hall–Kier alpha value is -2.16. The first-order valence-electron chi connectivity index (χ1n) is 5.33. The van der Waals surface area contributed by atoms with Crippen molar-refractivity contribution >= 4 is 11.8 Å². The molecule has 0 spiro atoms. The standard InChI is InChI=1S/C11H14N4O2/c1-3-11(4-2,10(16)17)14-9-8(7-12)5-6-13-15-9/h5-6H,3-4H2,1-2H3,(H,14,15)(H,16,17). The first kappa shape index (κ1) is 12.9. The highest BCUT2D eigenvalue weighted by Gasteiger charge is 2.35. The third-order valence-corrected chi connectivity index (χ3v) is 2.82. The number of aliphatic carboxylic acids is 1. The maximum absolute atomic E-state index is 11.3. The molecule has 1 heterocycles. The van der Waals surface area contributed by atoms with Crippen molar-refractivity contribution in [2.24, 2.45) is 0 Å². The molecule has 0 radical (unpaired) electrons. The minimum absolute atomic E-state index is 0.209. The van der Waals surface area contributed by atoms with Crippen LogP contribution >= 0.6 is 0 Å². The van der Waals surface area contributed by atoms with Crippen molar-refractivity contribution in [1.82, 2.24) is 10.2 Å². The normalized spacial score (nSPS) is 10.6. The Morgan fingerprint density at radius 2 is 2.24 bits per heavy atom. The van der Waals surface area contributed by atoms with E-state index in [2.05, 4.69) is 15.5 Å². The molecule has 0 aliphatic rings. The molecule has 90 valence electrons. The molecule has 1 rings (SSSR count). The van der Waals surface area contributed by atoms with E-state index in [-0.39, 0.29) is 11.4 Å². The molecule has 0 saturated heterocycles. The van der Waals surface area contributed by atoms with Gasteiger partial charge in [0, 0.05) is 0 Å². The Balaban J connectivity index is 3.11. The summed E-state index contributed by atoms with van der Waals surface area (Å²) in [6, 6.07) is 3.44. The fourth-order valence-electron chi connectivity index (χ4n) is 1.52. The van der Waals surface area contributed by atoms with Crippen LogP contribution in [0.15, 0.2) is 12.3 Å². The van der Waals surface area contributed by atoms with E-state index in [1.165, 1.54) is 12.3 Å². The topological polar surface area (TPSA) is 98.9 Å². The number of anilines is 1. The van der Waals surface area contributed by atoms with Crippen molar-refractivity contribution in [2.45, 2.75) is 32.2 Å². The van der Waals surface area contributed by atoms with Gasteiger partial charge in [0.25, 0.3) is 0 Å². The summed E-state index contributed by atoms with van der Waals surface area (Å²) < 4.78 is 0. The Kier molecular flexibility index (Phi) is 3.99. The minimum Gasteiger partial charge on any atom is -0.480 e. The van der Waals surface area contributed by atoms with E-state index < -0.39 is 11.5 Å². The number of nitrogens with zero attached hydrogens (tertiary/aromatic N) is 3. The summed E-state index contributed by atoms with van der Waals surface area (Å²) >= 11 is 0. The number of carbonyl (C=O) groups is 1. The zero-order chi connectivity index (χ0) is 12.9. The van der Waals surface area contributed by atoms with Crippen molar-refractivity contribution in [2.75, 3.05) is 5.32 Å². The third kappa shape index (κ3) is 2.50. The van der Waals surface area contributed by atoms with Crippen LogP contribution in [0.1, 0.15) is 32.3 Å². The fraction of sp³-hybridized carbons (Fsp3) is 0.455. The molecule has 0 unspecified atom stereocenters. The molecular formula is C11H14N4O2. The third-order valence-electron chi connectivity index (χ3n) is 2.82. The number of nitrogens with one attached hydrogen (secondary N) is 1. The van der Waals surface area contributed by atoms with Gasteiger partial charge in [0.15, 0.2) is 5.82 Å². The van der Waals surface area contributed by atoms with Crippen LogP contribution < -0.4 is 5.32 Å². The molecule has 0 aromatic carbocycles. The quantitative estimate of drug-likeness (QED) is 0.799. The molecule has 0 fully saturated rings. The smallest absolute Gasteiger partial charge is 0.329 e. The van der Waals surface area contributed by atoms with Crippen LogP contribution in [-0.4, -0.2) is 26.8 Å². The van der Waals surface area contributed by atoms with E-state index in [0.29, 0.717) is 12.8 Å². The highest BCUT2D eigenvalue weighted by molar-refractivity contribution is 5.82. The second kappa shape index (κ2) is 5.25. The van der Waals surface area contributed by atoms with Crippen molar-refractivity contribution < 1.29 is 9.90 Å². The van der Waals surface area contributed by atoms with E-state index in [4.69, 9.17) is 5.26 Å². The minimum atomic E-state index is -1.11. The van der Waals surface area contributed by atoms with Gasteiger partial charge < -0.3 is 10.4 Å². The lowest BCUT2D eigenvalue weighted by atomic mass is 9.93. The van der Waals surface area contributed by atoms with Crippen LogP contribution in [0.2, 0.25) is 0 Å². The van der Waals surface area contributed by atoms with E-state index in [9.17, 15) is 9.90 Å². The molecule has 2 N–H and O–H groups in total. The van der Waals surface area contributed by atoms with Gasteiger partial charge in [-0.25, -0.2) is 4.79 Å². The highest BCUT2D eigenvalue weighted by atomic mass is 16.4. The van der Waals surface area contributed by atoms with E-state index in [1.807, 2.05) is 6.07 Å². The van der Waals surface area contributed by atoms with Gasteiger partial charge in [0.05, 0.1) is 11.8 Å². The van der Waals surface area contributed by atoms with Crippen molar-refractivity contribution in [3.05, 3.63) is 17.8 Å². The van der Waals surface area contributed by atoms with Crippen molar-refractivity contribution in [3.8, 4) is 6.07 Å². The lowest BCUT2D eigenvalue weighted by Gasteiger charge is -2.28. The van der Waals surface area contributed by atoms with Gasteiger partial charge >= 0.3 is 5.97 Å². The van der Waals surface area contributed by atoms with Gasteiger partial charge in [-0.2, -0.15) is 10.4 Å². The first-order valence-corrected chi connectivity index (χ1v) is 5.33. The Morgan fingerprint density at radius 1 is 1.59 bits per heavy atom. The summed E-state index contributed by atoms with van der Waals surface area (Å²) in [5.41, 5.74) is -0.825. The average Bonchev–Trinajstić information content (AvgIpc) is 2.36. The molecule has 0 atom stereocenters. The van der Waals surface area contributed by atoms with Crippen LogP contribution in [0, 0.1) is 11.3 Å². The van der Waals surface area contributed by atoms with E-state index in [1.54, 1.807) is 13.8 Å². The summed E-state index contributed by atoms with van der Waals surface area (Å²) in [4.78, 5) is 11.3. The van der Waals surface area contributed by atoms with Crippen LogP contribution in [0.25, 0.3) is 0 Å². The average molecular weight is 234 g/mol. The molecule has 6 nitrogen and oxygen atoms in total. The molecule has 6 heteroatoms. The van der Waals surface area contributed by atoms with E-state index in [0.717, 1.165) is 0 Å². The lowest BCUT2D eigenvalue weighted by molar-refractivity contribution is -0.142. The molecule has 0 aliphatic heterocycles. The SMILES string of the molecule is CCC(CC)(Nc1nnccc1C#N)C(=O)O. The maximum Gasteiger partial charge on any atom is 0.329 e. The number of rotatable bonds is 5. The lowest BCUT2D eigenvalue weighted by Crippen LogP contribution is -2.45. The molecule has 1 aromatic heterocycles. The Labute approximate surface area is 99.3 Å². The number of hydrogen-bond acceptors (Lipinski definition) is 5. The molecule has 0 saturated carbocycles. The van der Waals surface area contributed by atoms with Gasteiger partial charge in [-0.3, -0.25) is 0 Å². The summed E-state index contributed by atoms with van der Waals surface area (Å²) in [5.74, 6) is -0.752. The molecule has 1 aromatic rings. The van der Waals surface area contributed by atoms with Crippen LogP contribution in [0.3, 0.4) is 0 Å². The largest absolute Gasteiger partial charge is 0.480 e. The first-order chi connectivity index (χ1) is 8.09. The van der Waals surface area contributed by atoms with Gasteiger partial charge in [0.1, 0.15) is 11.6 Å². The molecule has 0 amide bonds. The number of carboxylic acid groups (broad SMARTS) is 1. The Bertz CT molecular complexity index is 449. The number of aromatic nitrogens is 2. The molecule has 0 aliphatic carbocycles. The predicted molar refractivity (Wildman–Crippen MR) is 61.3 cm³/mol. The van der Waals surface area contributed by atoms with Gasteiger partial charge in [-0.1, -0.05) is 13.8 Å². The molecule has 17 heavy (non-hydrogen) atoms. The zero-order valence-electron chi connectivity index (χ0n) is 9.77. The summed E-state index contributed by atoms with van der Waals surface area (Å²) in [5, 5.41) is 28.4. The van der Waals surface area contributed by atoms with Crippen molar-refractivity contribution in [1.29, 1.82) is 5.26 Å². The van der Waals surface area contributed by atoms with Gasteiger partial charge in [-0.15, -0.1) is 5.10 Å². The van der Waals surface area contributed by atoms with Crippen LogP contribution in [0.4, 0.5) is 5.82 Å². The van der Waals surface area contributed by atoms with Gasteiger partial charge in [0.2, 0.25) is 0 Å². The number of nitriles is 1. The fourth-order valence-corrected chi connectivity index (χ4v) is 1.52. The highest BCUT2D eigenvalue weighted by Crippen LogP contribution is 2.22. The zero-order valence-corrected chi connectivity index (χ0v) is 9.77. The number of carboxylic acids is 1.